The van der Waals surface area contributed by atoms with E-state index in [0.29, 0.717) is 18.2 Å². The number of hydrogen-bond donors (Lipinski definition) is 1. The number of nitrogens with zero attached hydrogens (tertiary/aromatic N) is 2. The van der Waals surface area contributed by atoms with Gasteiger partial charge in [0, 0.05) is 13.1 Å². The Kier molecular flexibility index (Phi) is 6.32. The molecule has 2 fully saturated rings. The molecule has 36 heavy (non-hydrogen) atoms. The molecule has 2 aromatic carbocycles. The molecule has 1 N–H and O–H groups in total. The van der Waals surface area contributed by atoms with E-state index in [1.165, 1.54) is 11.3 Å². The SMILES string of the molecule is Cc1cccc(-c2sc(C)nc2C(=O)N2C[C@H]3C[C@H]3[C@H]2CNC(=O)c2cc(C(F)(F)F)ccc2Cl)c1. The van der Waals surface area contributed by atoms with Crippen molar-refractivity contribution in [3.8, 4) is 10.4 Å². The van der Waals surface area contributed by atoms with Crippen LogP contribution in [0, 0.1) is 25.7 Å². The number of nitrogens with one attached hydrogen (secondary N) is 1. The largest absolute Gasteiger partial charge is 0.416 e. The Hall–Kier alpha value is -2.91. The van der Waals surface area contributed by atoms with Crippen molar-refractivity contribution in [2.45, 2.75) is 32.5 Å². The van der Waals surface area contributed by atoms with E-state index in [4.69, 9.17) is 11.6 Å². The zero-order chi connectivity index (χ0) is 25.8. The molecule has 3 atom stereocenters. The quantitative estimate of drug-likeness (QED) is 0.438. The molecule has 2 aliphatic rings. The van der Waals surface area contributed by atoms with Gasteiger partial charge in [-0.1, -0.05) is 41.4 Å². The van der Waals surface area contributed by atoms with E-state index in [1.807, 2.05) is 38.1 Å². The third-order valence-corrected chi connectivity index (χ3v) is 8.14. The highest BCUT2D eigenvalue weighted by atomic mass is 35.5. The van der Waals surface area contributed by atoms with Crippen LogP contribution < -0.4 is 5.32 Å². The number of amides is 2. The van der Waals surface area contributed by atoms with Gasteiger partial charge in [0.15, 0.2) is 0 Å². The summed E-state index contributed by atoms with van der Waals surface area (Å²) in [5.74, 6) is -0.296. The highest BCUT2D eigenvalue weighted by molar-refractivity contribution is 7.15. The molecule has 188 valence electrons. The van der Waals surface area contributed by atoms with Crippen molar-refractivity contribution in [2.24, 2.45) is 11.8 Å². The van der Waals surface area contributed by atoms with Gasteiger partial charge in [0.2, 0.25) is 0 Å². The lowest BCUT2D eigenvalue weighted by molar-refractivity contribution is -0.137. The molecule has 1 saturated carbocycles. The van der Waals surface area contributed by atoms with E-state index in [0.717, 1.165) is 45.6 Å². The molecule has 10 heteroatoms. The summed E-state index contributed by atoms with van der Waals surface area (Å²) < 4.78 is 39.3. The number of fused-ring (bicyclic) bond motifs is 1. The number of carbonyl (C=O) groups is 2. The number of aryl methyl sites for hydroxylation is 2. The zero-order valence-electron chi connectivity index (χ0n) is 19.5. The fourth-order valence-corrected chi connectivity index (χ4v) is 6.03. The molecule has 0 radical (unpaired) electrons. The van der Waals surface area contributed by atoms with Crippen molar-refractivity contribution in [2.75, 3.05) is 13.1 Å². The Balaban J connectivity index is 1.35. The van der Waals surface area contributed by atoms with Crippen molar-refractivity contribution in [3.63, 3.8) is 0 Å². The number of aromatic nitrogens is 1. The molecule has 0 spiro atoms. The first-order valence-corrected chi connectivity index (χ1v) is 12.7. The van der Waals surface area contributed by atoms with Crippen molar-refractivity contribution < 1.29 is 22.8 Å². The number of likely N-dealkylation sites (tertiary alicyclic amines) is 1. The maximum atomic E-state index is 13.7. The number of piperidine rings is 1. The van der Waals surface area contributed by atoms with E-state index in [9.17, 15) is 22.8 Å². The van der Waals surface area contributed by atoms with Gasteiger partial charge in [-0.2, -0.15) is 13.2 Å². The Labute approximate surface area is 215 Å². The smallest absolute Gasteiger partial charge is 0.350 e. The first-order chi connectivity index (χ1) is 17.0. The summed E-state index contributed by atoms with van der Waals surface area (Å²) in [5.41, 5.74) is 1.21. The van der Waals surface area contributed by atoms with Gasteiger partial charge in [-0.15, -0.1) is 11.3 Å². The topological polar surface area (TPSA) is 62.3 Å². The van der Waals surface area contributed by atoms with E-state index < -0.39 is 17.6 Å². The van der Waals surface area contributed by atoms with E-state index >= 15 is 0 Å². The number of hydrogen-bond acceptors (Lipinski definition) is 4. The molecule has 1 aliphatic carbocycles. The summed E-state index contributed by atoms with van der Waals surface area (Å²) in [5, 5.41) is 3.43. The van der Waals surface area contributed by atoms with Gasteiger partial charge in [0.25, 0.3) is 11.8 Å². The van der Waals surface area contributed by atoms with Gasteiger partial charge in [0.1, 0.15) is 5.69 Å². The van der Waals surface area contributed by atoms with E-state index in [2.05, 4.69) is 10.3 Å². The highest BCUT2D eigenvalue weighted by Gasteiger charge is 2.54. The molecule has 0 unspecified atom stereocenters. The summed E-state index contributed by atoms with van der Waals surface area (Å²) in [6, 6.07) is 10.3. The number of thiazole rings is 1. The molecule has 1 aliphatic heterocycles. The summed E-state index contributed by atoms with van der Waals surface area (Å²) >= 11 is 7.48. The third kappa shape index (κ3) is 4.74. The molecule has 5 nitrogen and oxygen atoms in total. The van der Waals surface area contributed by atoms with Crippen LogP contribution in [0.2, 0.25) is 5.02 Å². The normalized spacial score (nSPS) is 20.8. The minimum atomic E-state index is -4.59. The second kappa shape index (κ2) is 9.19. The number of rotatable bonds is 5. The van der Waals surface area contributed by atoms with Crippen LogP contribution in [0.1, 0.15) is 43.4 Å². The number of benzene rings is 2. The van der Waals surface area contributed by atoms with Gasteiger partial charge < -0.3 is 10.2 Å². The number of carbonyl (C=O) groups excluding carboxylic acids is 2. The molecule has 0 bridgehead atoms. The second-order valence-corrected chi connectivity index (χ2v) is 11.0. The average molecular weight is 534 g/mol. The van der Waals surface area contributed by atoms with Crippen LogP contribution in [-0.4, -0.2) is 40.8 Å². The molecule has 1 saturated heterocycles. The summed E-state index contributed by atoms with van der Waals surface area (Å²) in [4.78, 5) is 33.5. The van der Waals surface area contributed by atoms with Gasteiger partial charge in [-0.3, -0.25) is 9.59 Å². The van der Waals surface area contributed by atoms with Crippen molar-refractivity contribution in [1.82, 2.24) is 15.2 Å². The van der Waals surface area contributed by atoms with E-state index in [-0.39, 0.29) is 35.0 Å². The predicted octanol–water partition coefficient (Wildman–Crippen LogP) is 5.99. The predicted molar refractivity (Wildman–Crippen MR) is 132 cm³/mol. The lowest BCUT2D eigenvalue weighted by atomic mass is 10.1. The molecular formula is C26H23ClF3N3O2S. The summed E-state index contributed by atoms with van der Waals surface area (Å²) in [6.45, 7) is 4.54. The average Bonchev–Trinajstić information content (AvgIpc) is 3.33. The van der Waals surface area contributed by atoms with Gasteiger partial charge in [-0.25, -0.2) is 4.98 Å². The Bertz CT molecular complexity index is 1360. The van der Waals surface area contributed by atoms with Crippen LogP contribution in [0.15, 0.2) is 42.5 Å². The maximum Gasteiger partial charge on any atom is 0.416 e. The molecular weight excluding hydrogens is 511 g/mol. The minimum absolute atomic E-state index is 0.0649. The molecule has 2 heterocycles. The summed E-state index contributed by atoms with van der Waals surface area (Å²) in [6.07, 6.45) is -3.63. The van der Waals surface area contributed by atoms with Gasteiger partial charge >= 0.3 is 6.18 Å². The Morgan fingerprint density at radius 3 is 2.69 bits per heavy atom. The Morgan fingerprint density at radius 2 is 1.97 bits per heavy atom. The molecule has 1 aromatic heterocycles. The maximum absolute atomic E-state index is 13.7. The van der Waals surface area contributed by atoms with Gasteiger partial charge in [0.05, 0.1) is 32.1 Å². The number of alkyl halides is 3. The summed E-state index contributed by atoms with van der Waals surface area (Å²) in [7, 11) is 0. The van der Waals surface area contributed by atoms with Crippen molar-refractivity contribution in [1.29, 1.82) is 0 Å². The second-order valence-electron chi connectivity index (χ2n) is 9.37. The standard InChI is InChI=1S/C26H23ClF3N3O2S/c1-13-4-3-5-15(8-13)23-22(32-14(2)36-23)25(35)33-12-16-9-18(16)21(33)11-31-24(34)19-10-17(26(28,29)30)6-7-20(19)27/h3-8,10,16,18,21H,9,11-12H2,1-2H3,(H,31,34)/t16-,18-,21-/m1/s1. The molecule has 5 rings (SSSR count). The van der Waals surface area contributed by atoms with Gasteiger partial charge in [-0.05, 0) is 55.9 Å². The van der Waals surface area contributed by atoms with Crippen LogP contribution >= 0.6 is 22.9 Å². The van der Waals surface area contributed by atoms with Crippen LogP contribution in [0.3, 0.4) is 0 Å². The molecule has 3 aromatic rings. The van der Waals surface area contributed by atoms with Crippen LogP contribution in [0.25, 0.3) is 10.4 Å². The minimum Gasteiger partial charge on any atom is -0.350 e. The first-order valence-electron chi connectivity index (χ1n) is 11.5. The fourth-order valence-electron chi connectivity index (χ4n) is 4.92. The third-order valence-electron chi connectivity index (χ3n) is 6.79. The van der Waals surface area contributed by atoms with Crippen LogP contribution in [0.4, 0.5) is 13.2 Å². The zero-order valence-corrected chi connectivity index (χ0v) is 21.1. The lowest BCUT2D eigenvalue weighted by Crippen LogP contribution is -2.45. The van der Waals surface area contributed by atoms with Crippen molar-refractivity contribution in [3.05, 3.63) is 74.9 Å². The van der Waals surface area contributed by atoms with Crippen molar-refractivity contribution >= 4 is 34.8 Å². The van der Waals surface area contributed by atoms with E-state index in [1.54, 1.807) is 4.90 Å². The Morgan fingerprint density at radius 1 is 1.19 bits per heavy atom. The lowest BCUT2D eigenvalue weighted by Gasteiger charge is -2.27. The van der Waals surface area contributed by atoms with Crippen LogP contribution in [-0.2, 0) is 6.18 Å². The molecule has 2 amide bonds. The fraction of sp³-hybridized carbons (Fsp3) is 0.346. The monoisotopic (exact) mass is 533 g/mol. The first kappa shape index (κ1) is 24.8. The van der Waals surface area contributed by atoms with Crippen LogP contribution in [0.5, 0.6) is 0 Å². The number of halogens is 4. The highest BCUT2D eigenvalue weighted by Crippen LogP contribution is 2.50.